The lowest BCUT2D eigenvalue weighted by molar-refractivity contribution is -0.138. The molecule has 0 N–H and O–H groups in total. The Morgan fingerprint density at radius 1 is 1.00 bits per heavy atom. The molecule has 2 aliphatic rings. The van der Waals surface area contributed by atoms with Crippen LogP contribution in [0.25, 0.3) is 0 Å². The Morgan fingerprint density at radius 2 is 1.65 bits per heavy atom. The number of carbonyl (C=O) groups is 2. The van der Waals surface area contributed by atoms with Crippen molar-refractivity contribution in [2.75, 3.05) is 44.2 Å². The van der Waals surface area contributed by atoms with E-state index in [1.54, 1.807) is 0 Å². The van der Waals surface area contributed by atoms with E-state index in [1.807, 2.05) is 42.2 Å². The fourth-order valence-electron chi connectivity index (χ4n) is 4.10. The Balaban J connectivity index is 1.48. The van der Waals surface area contributed by atoms with Crippen molar-refractivity contribution in [3.05, 3.63) is 30.3 Å². The van der Waals surface area contributed by atoms with E-state index in [0.717, 1.165) is 57.5 Å². The molecule has 2 amide bonds. The molecule has 0 atom stereocenters. The normalized spacial score (nSPS) is 19.3. The number of amides is 2. The van der Waals surface area contributed by atoms with Gasteiger partial charge in [0.15, 0.2) is 0 Å². The Morgan fingerprint density at radius 3 is 2.27 bits per heavy atom. The molecule has 2 saturated heterocycles. The highest BCUT2D eigenvalue weighted by Gasteiger charge is 2.30. The minimum Gasteiger partial charge on any atom is -0.342 e. The zero-order chi connectivity index (χ0) is 18.4. The lowest BCUT2D eigenvalue weighted by atomic mass is 9.94. The molecule has 0 bridgehead atoms. The molecule has 3 rings (SSSR count). The first kappa shape index (κ1) is 18.9. The third kappa shape index (κ3) is 4.64. The Bertz CT molecular complexity index is 591. The van der Waals surface area contributed by atoms with Crippen LogP contribution in [0.5, 0.6) is 0 Å². The van der Waals surface area contributed by atoms with E-state index in [-0.39, 0.29) is 11.8 Å². The standard InChI is InChI=1S/C21H31N3O2/c1-2-24(19-9-5-3-6-10-19)20(25)17-22-15-11-18(12-16-22)21(26)23-13-7-4-8-14-23/h3,5-6,9-10,18H,2,4,7-8,11-17H2,1H3. The molecular formula is C21H31N3O2. The molecule has 1 aromatic rings. The number of hydrogen-bond donors (Lipinski definition) is 0. The predicted octanol–water partition coefficient (Wildman–Crippen LogP) is 2.76. The minimum atomic E-state index is 0.138. The largest absolute Gasteiger partial charge is 0.342 e. The van der Waals surface area contributed by atoms with Gasteiger partial charge < -0.3 is 9.80 Å². The lowest BCUT2D eigenvalue weighted by Gasteiger charge is -2.36. The Labute approximate surface area is 156 Å². The van der Waals surface area contributed by atoms with Crippen molar-refractivity contribution in [3.8, 4) is 0 Å². The summed E-state index contributed by atoms with van der Waals surface area (Å²) in [7, 11) is 0. The first-order chi connectivity index (χ1) is 12.7. The van der Waals surface area contributed by atoms with E-state index in [2.05, 4.69) is 9.80 Å². The van der Waals surface area contributed by atoms with Crippen LogP contribution in [0.15, 0.2) is 30.3 Å². The first-order valence-electron chi connectivity index (χ1n) is 10.1. The van der Waals surface area contributed by atoms with Gasteiger partial charge in [0.2, 0.25) is 11.8 Å². The number of piperidine rings is 2. The fourth-order valence-corrected chi connectivity index (χ4v) is 4.10. The molecule has 0 aromatic heterocycles. The number of hydrogen-bond acceptors (Lipinski definition) is 3. The van der Waals surface area contributed by atoms with E-state index < -0.39 is 0 Å². The van der Waals surface area contributed by atoms with Gasteiger partial charge in [-0.25, -0.2) is 0 Å². The average Bonchev–Trinajstić information content (AvgIpc) is 2.70. The number of likely N-dealkylation sites (N-methyl/N-ethyl adjacent to an activating group) is 1. The van der Waals surface area contributed by atoms with Gasteiger partial charge in [0.25, 0.3) is 0 Å². The SMILES string of the molecule is CCN(C(=O)CN1CCC(C(=O)N2CCCCC2)CC1)c1ccccc1. The molecule has 0 saturated carbocycles. The number of likely N-dealkylation sites (tertiary alicyclic amines) is 2. The Kier molecular flexibility index (Phi) is 6.67. The second-order valence-corrected chi connectivity index (χ2v) is 7.41. The van der Waals surface area contributed by atoms with Crippen LogP contribution in [0, 0.1) is 5.92 Å². The van der Waals surface area contributed by atoms with E-state index >= 15 is 0 Å². The molecule has 1 aromatic carbocycles. The molecule has 0 unspecified atom stereocenters. The molecule has 5 nitrogen and oxygen atoms in total. The van der Waals surface area contributed by atoms with Crippen molar-refractivity contribution >= 4 is 17.5 Å². The lowest BCUT2D eigenvalue weighted by Crippen LogP contribution is -2.47. The van der Waals surface area contributed by atoms with Crippen LogP contribution < -0.4 is 4.90 Å². The summed E-state index contributed by atoms with van der Waals surface area (Å²) in [6, 6.07) is 9.84. The molecule has 0 spiro atoms. The van der Waals surface area contributed by atoms with E-state index in [4.69, 9.17) is 0 Å². The van der Waals surface area contributed by atoms with Crippen LogP contribution in [0.1, 0.15) is 39.0 Å². The quantitative estimate of drug-likeness (QED) is 0.814. The number of para-hydroxylation sites is 1. The zero-order valence-corrected chi connectivity index (χ0v) is 15.9. The second kappa shape index (κ2) is 9.17. The highest BCUT2D eigenvalue weighted by molar-refractivity contribution is 5.94. The van der Waals surface area contributed by atoms with Crippen LogP contribution in [0.4, 0.5) is 5.69 Å². The third-order valence-electron chi connectivity index (χ3n) is 5.65. The molecule has 2 heterocycles. The maximum absolute atomic E-state index is 12.7. The van der Waals surface area contributed by atoms with Gasteiger partial charge in [0.05, 0.1) is 6.54 Å². The van der Waals surface area contributed by atoms with Crippen LogP contribution in [0.3, 0.4) is 0 Å². The smallest absolute Gasteiger partial charge is 0.241 e. The summed E-state index contributed by atoms with van der Waals surface area (Å²) in [5.74, 6) is 0.630. The summed E-state index contributed by atoms with van der Waals surface area (Å²) in [6.45, 7) is 6.65. The second-order valence-electron chi connectivity index (χ2n) is 7.41. The summed E-state index contributed by atoms with van der Waals surface area (Å²) >= 11 is 0. The molecule has 2 fully saturated rings. The highest BCUT2D eigenvalue weighted by Crippen LogP contribution is 2.22. The fraction of sp³-hybridized carbons (Fsp3) is 0.619. The van der Waals surface area contributed by atoms with Gasteiger partial charge in [-0.2, -0.15) is 0 Å². The molecule has 2 aliphatic heterocycles. The van der Waals surface area contributed by atoms with E-state index in [0.29, 0.717) is 19.0 Å². The third-order valence-corrected chi connectivity index (χ3v) is 5.65. The summed E-state index contributed by atoms with van der Waals surface area (Å²) in [5.41, 5.74) is 0.954. The van der Waals surface area contributed by atoms with Gasteiger partial charge in [-0.15, -0.1) is 0 Å². The van der Waals surface area contributed by atoms with Crippen LogP contribution in [-0.4, -0.2) is 60.9 Å². The van der Waals surface area contributed by atoms with Gasteiger partial charge in [-0.3, -0.25) is 14.5 Å². The zero-order valence-electron chi connectivity index (χ0n) is 15.9. The van der Waals surface area contributed by atoms with Gasteiger partial charge in [-0.05, 0) is 64.3 Å². The van der Waals surface area contributed by atoms with Gasteiger partial charge >= 0.3 is 0 Å². The van der Waals surface area contributed by atoms with Gasteiger partial charge in [-0.1, -0.05) is 18.2 Å². The molecule has 5 heteroatoms. The van der Waals surface area contributed by atoms with E-state index in [9.17, 15) is 9.59 Å². The van der Waals surface area contributed by atoms with Crippen molar-refractivity contribution in [2.24, 2.45) is 5.92 Å². The van der Waals surface area contributed by atoms with Crippen molar-refractivity contribution in [2.45, 2.75) is 39.0 Å². The van der Waals surface area contributed by atoms with Crippen molar-refractivity contribution in [1.82, 2.24) is 9.80 Å². The maximum atomic E-state index is 12.7. The van der Waals surface area contributed by atoms with Gasteiger partial charge in [0.1, 0.15) is 0 Å². The first-order valence-corrected chi connectivity index (χ1v) is 10.1. The summed E-state index contributed by atoms with van der Waals surface area (Å²) in [5, 5.41) is 0. The molecule has 26 heavy (non-hydrogen) atoms. The van der Waals surface area contributed by atoms with E-state index in [1.165, 1.54) is 6.42 Å². The number of anilines is 1. The maximum Gasteiger partial charge on any atom is 0.241 e. The van der Waals surface area contributed by atoms with Crippen molar-refractivity contribution in [3.63, 3.8) is 0 Å². The van der Waals surface area contributed by atoms with Gasteiger partial charge in [0, 0.05) is 31.2 Å². The summed E-state index contributed by atoms with van der Waals surface area (Å²) < 4.78 is 0. The van der Waals surface area contributed by atoms with Crippen LogP contribution in [-0.2, 0) is 9.59 Å². The van der Waals surface area contributed by atoms with Crippen molar-refractivity contribution < 1.29 is 9.59 Å². The van der Waals surface area contributed by atoms with Crippen molar-refractivity contribution in [1.29, 1.82) is 0 Å². The predicted molar refractivity (Wildman–Crippen MR) is 104 cm³/mol. The van der Waals surface area contributed by atoms with Crippen LogP contribution >= 0.6 is 0 Å². The topological polar surface area (TPSA) is 43.9 Å². The molecule has 0 radical (unpaired) electrons. The highest BCUT2D eigenvalue weighted by atomic mass is 16.2. The molecule has 142 valence electrons. The average molecular weight is 357 g/mol. The minimum absolute atomic E-state index is 0.138. The number of benzene rings is 1. The molecule has 0 aliphatic carbocycles. The Hall–Kier alpha value is -1.88. The monoisotopic (exact) mass is 357 g/mol. The molecular weight excluding hydrogens is 326 g/mol. The number of nitrogens with zero attached hydrogens (tertiary/aromatic N) is 3. The summed E-state index contributed by atoms with van der Waals surface area (Å²) in [4.78, 5) is 31.5. The van der Waals surface area contributed by atoms with Crippen LogP contribution in [0.2, 0.25) is 0 Å². The number of carbonyl (C=O) groups excluding carboxylic acids is 2. The number of rotatable bonds is 5. The summed E-state index contributed by atoms with van der Waals surface area (Å²) in [6.07, 6.45) is 5.29.